The molecule has 142 valence electrons. The predicted molar refractivity (Wildman–Crippen MR) is 95.9 cm³/mol. The molecule has 7 heteroatoms. The summed E-state index contributed by atoms with van der Waals surface area (Å²) in [5.74, 6) is 0.207. The number of carbonyl (C=O) groups excluding carboxylic acids is 3. The average molecular weight is 362 g/mol. The molecular weight excluding hydrogens is 336 g/mol. The Morgan fingerprint density at radius 2 is 1.96 bits per heavy atom. The monoisotopic (exact) mass is 362 g/mol. The molecule has 0 unspecified atom stereocenters. The van der Waals surface area contributed by atoms with Gasteiger partial charge in [0.2, 0.25) is 5.91 Å². The van der Waals surface area contributed by atoms with Crippen LogP contribution in [0.5, 0.6) is 5.75 Å². The van der Waals surface area contributed by atoms with Gasteiger partial charge in [-0.1, -0.05) is 6.07 Å². The second-order valence-corrected chi connectivity index (χ2v) is 6.40. The zero-order chi connectivity index (χ0) is 18.9. The summed E-state index contributed by atoms with van der Waals surface area (Å²) in [5, 5.41) is 2.92. The van der Waals surface area contributed by atoms with Crippen molar-refractivity contribution in [3.63, 3.8) is 0 Å². The Hall–Kier alpha value is -2.41. The Morgan fingerprint density at radius 1 is 1.23 bits per heavy atom. The van der Waals surface area contributed by atoms with E-state index in [-0.39, 0.29) is 11.8 Å². The van der Waals surface area contributed by atoms with Crippen molar-refractivity contribution in [2.75, 3.05) is 33.4 Å². The summed E-state index contributed by atoms with van der Waals surface area (Å²) >= 11 is 0. The van der Waals surface area contributed by atoms with E-state index in [4.69, 9.17) is 9.47 Å². The maximum Gasteiger partial charge on any atom is 0.308 e. The molecule has 0 aromatic heterocycles. The van der Waals surface area contributed by atoms with Crippen LogP contribution in [-0.4, -0.2) is 56.0 Å². The van der Waals surface area contributed by atoms with Gasteiger partial charge in [0, 0.05) is 39.2 Å². The van der Waals surface area contributed by atoms with Crippen molar-refractivity contribution in [2.45, 2.75) is 26.2 Å². The Morgan fingerprint density at radius 3 is 2.62 bits per heavy atom. The molecule has 2 amide bonds. The molecule has 1 heterocycles. The summed E-state index contributed by atoms with van der Waals surface area (Å²) in [6, 6.07) is 6.54. The lowest BCUT2D eigenvalue weighted by atomic mass is 9.96. The normalized spacial score (nSPS) is 14.8. The first-order valence-electron chi connectivity index (χ1n) is 8.83. The lowest BCUT2D eigenvalue weighted by Gasteiger charge is -2.32. The molecule has 1 N–H and O–H groups in total. The third-order valence-corrected chi connectivity index (χ3v) is 4.40. The van der Waals surface area contributed by atoms with Gasteiger partial charge in [-0.25, -0.2) is 0 Å². The minimum atomic E-state index is -0.422. The number of piperidine rings is 1. The zero-order valence-electron chi connectivity index (χ0n) is 15.3. The second-order valence-electron chi connectivity index (χ2n) is 6.40. The lowest BCUT2D eigenvalue weighted by Crippen LogP contribution is -2.41. The fourth-order valence-corrected chi connectivity index (χ4v) is 2.94. The molecule has 0 aliphatic carbocycles. The molecule has 1 aliphatic rings. The van der Waals surface area contributed by atoms with Crippen molar-refractivity contribution in [1.29, 1.82) is 0 Å². The van der Waals surface area contributed by atoms with Crippen LogP contribution in [0.4, 0.5) is 0 Å². The van der Waals surface area contributed by atoms with E-state index in [0.29, 0.717) is 49.9 Å². The van der Waals surface area contributed by atoms with Gasteiger partial charge >= 0.3 is 5.97 Å². The van der Waals surface area contributed by atoms with Gasteiger partial charge in [0.25, 0.3) is 5.91 Å². The highest BCUT2D eigenvalue weighted by Gasteiger charge is 2.23. The third kappa shape index (κ3) is 6.15. The molecule has 0 saturated carbocycles. The maximum absolute atomic E-state index is 12.3. The largest absolute Gasteiger partial charge is 0.427 e. The summed E-state index contributed by atoms with van der Waals surface area (Å²) in [4.78, 5) is 37.1. The van der Waals surface area contributed by atoms with Crippen LogP contribution >= 0.6 is 0 Å². The third-order valence-electron chi connectivity index (χ3n) is 4.40. The highest BCUT2D eigenvalue weighted by molar-refractivity contribution is 5.94. The number of esters is 1. The molecule has 2 rings (SSSR count). The average Bonchev–Trinajstić information content (AvgIpc) is 2.64. The van der Waals surface area contributed by atoms with E-state index in [0.717, 1.165) is 12.8 Å². The van der Waals surface area contributed by atoms with Crippen molar-refractivity contribution in [3.05, 3.63) is 29.8 Å². The Labute approximate surface area is 153 Å². The zero-order valence-corrected chi connectivity index (χ0v) is 15.3. The van der Waals surface area contributed by atoms with Gasteiger partial charge in [-0.15, -0.1) is 0 Å². The number of nitrogens with one attached hydrogen (secondary N) is 1. The molecular formula is C19H26N2O5. The van der Waals surface area contributed by atoms with Crippen molar-refractivity contribution in [1.82, 2.24) is 10.2 Å². The van der Waals surface area contributed by atoms with Gasteiger partial charge in [-0.05, 0) is 37.0 Å². The fraction of sp³-hybridized carbons (Fsp3) is 0.526. The summed E-state index contributed by atoms with van der Waals surface area (Å²) < 4.78 is 9.93. The topological polar surface area (TPSA) is 84.9 Å². The molecule has 1 aromatic rings. The van der Waals surface area contributed by atoms with E-state index in [1.807, 2.05) is 4.90 Å². The number of amides is 2. The van der Waals surface area contributed by atoms with Crippen LogP contribution in [0.2, 0.25) is 0 Å². The van der Waals surface area contributed by atoms with Crippen molar-refractivity contribution in [3.8, 4) is 5.75 Å². The summed E-state index contributed by atoms with van der Waals surface area (Å²) in [6.45, 7) is 3.76. The van der Waals surface area contributed by atoms with Crippen LogP contribution in [-0.2, 0) is 14.3 Å². The summed E-state index contributed by atoms with van der Waals surface area (Å²) in [7, 11) is 1.59. The SMILES string of the molecule is COCCC(=O)N1CCC(CNC(=O)c2cccc(OC(C)=O)c2)CC1. The molecule has 0 radical (unpaired) electrons. The minimum Gasteiger partial charge on any atom is -0.427 e. The van der Waals surface area contributed by atoms with Crippen LogP contribution in [0.1, 0.15) is 36.5 Å². The van der Waals surface area contributed by atoms with Crippen molar-refractivity contribution >= 4 is 17.8 Å². The molecule has 1 fully saturated rings. The molecule has 7 nitrogen and oxygen atoms in total. The Kier molecular flexibility index (Phi) is 7.59. The van der Waals surface area contributed by atoms with Gasteiger partial charge < -0.3 is 19.7 Å². The van der Waals surface area contributed by atoms with E-state index in [2.05, 4.69) is 5.32 Å². The quantitative estimate of drug-likeness (QED) is 0.588. The molecule has 26 heavy (non-hydrogen) atoms. The van der Waals surface area contributed by atoms with Gasteiger partial charge in [0.05, 0.1) is 13.0 Å². The van der Waals surface area contributed by atoms with Crippen LogP contribution in [0, 0.1) is 5.92 Å². The van der Waals surface area contributed by atoms with Gasteiger partial charge in [0.1, 0.15) is 5.75 Å². The standard InChI is InChI=1S/C19H26N2O5/c1-14(22)26-17-5-3-4-16(12-17)19(24)20-13-15-6-9-21(10-7-15)18(23)8-11-25-2/h3-5,12,15H,6-11,13H2,1-2H3,(H,20,24). The van der Waals surface area contributed by atoms with E-state index >= 15 is 0 Å². The van der Waals surface area contributed by atoms with Crippen LogP contribution in [0.25, 0.3) is 0 Å². The number of hydrogen-bond donors (Lipinski definition) is 1. The fourth-order valence-electron chi connectivity index (χ4n) is 2.94. The molecule has 1 aliphatic heterocycles. The van der Waals surface area contributed by atoms with Crippen LogP contribution < -0.4 is 10.1 Å². The summed E-state index contributed by atoms with van der Waals surface area (Å²) in [6.07, 6.45) is 2.15. The summed E-state index contributed by atoms with van der Waals surface area (Å²) in [5.41, 5.74) is 0.455. The molecule has 0 atom stereocenters. The van der Waals surface area contributed by atoms with E-state index in [1.165, 1.54) is 6.92 Å². The number of benzene rings is 1. The predicted octanol–water partition coefficient (Wildman–Crippen LogP) is 1.62. The second kappa shape index (κ2) is 9.91. The number of carbonyl (C=O) groups is 3. The Balaban J connectivity index is 1.77. The highest BCUT2D eigenvalue weighted by Crippen LogP contribution is 2.18. The molecule has 0 bridgehead atoms. The number of rotatable bonds is 7. The minimum absolute atomic E-state index is 0.122. The number of likely N-dealkylation sites (tertiary alicyclic amines) is 1. The van der Waals surface area contributed by atoms with Crippen molar-refractivity contribution < 1.29 is 23.9 Å². The molecule has 1 aromatic carbocycles. The lowest BCUT2D eigenvalue weighted by molar-refractivity contribution is -0.133. The maximum atomic E-state index is 12.3. The molecule has 0 spiro atoms. The number of methoxy groups -OCH3 is 1. The first kappa shape index (κ1) is 19.9. The number of ether oxygens (including phenoxy) is 2. The smallest absolute Gasteiger partial charge is 0.308 e. The first-order valence-corrected chi connectivity index (χ1v) is 8.83. The van der Waals surface area contributed by atoms with Gasteiger partial charge in [-0.3, -0.25) is 14.4 Å². The van der Waals surface area contributed by atoms with Crippen LogP contribution in [0.3, 0.4) is 0 Å². The van der Waals surface area contributed by atoms with E-state index in [9.17, 15) is 14.4 Å². The number of nitrogens with zero attached hydrogens (tertiary/aromatic N) is 1. The van der Waals surface area contributed by atoms with E-state index < -0.39 is 5.97 Å². The first-order chi connectivity index (χ1) is 12.5. The molecule has 1 saturated heterocycles. The van der Waals surface area contributed by atoms with Gasteiger partial charge in [0.15, 0.2) is 0 Å². The van der Waals surface area contributed by atoms with Crippen LogP contribution in [0.15, 0.2) is 24.3 Å². The van der Waals surface area contributed by atoms with Crippen molar-refractivity contribution in [2.24, 2.45) is 5.92 Å². The number of hydrogen-bond acceptors (Lipinski definition) is 5. The van der Waals surface area contributed by atoms with Gasteiger partial charge in [-0.2, -0.15) is 0 Å². The van der Waals surface area contributed by atoms with E-state index in [1.54, 1.807) is 31.4 Å². The highest BCUT2D eigenvalue weighted by atomic mass is 16.5. The Bertz CT molecular complexity index is 639.